The van der Waals surface area contributed by atoms with E-state index in [1.54, 1.807) is 0 Å². The van der Waals surface area contributed by atoms with Crippen molar-refractivity contribution in [2.24, 2.45) is 0 Å². The third-order valence-corrected chi connectivity index (χ3v) is 13.7. The number of rotatable bonds is 8. The smallest absolute Gasteiger partial charge is 0.0542 e. The summed E-state index contributed by atoms with van der Waals surface area (Å²) in [7, 11) is 0. The minimum absolute atomic E-state index is 1.08. The predicted molar refractivity (Wildman–Crippen MR) is 290 cm³/mol. The number of anilines is 3. The quantitative estimate of drug-likeness (QED) is 0.138. The molecular weight excluding hydrogens is 821 g/mol. The number of para-hydroxylation sites is 1. The Labute approximate surface area is 395 Å². The van der Waals surface area contributed by atoms with Crippen LogP contribution in [0.1, 0.15) is 0 Å². The molecule has 0 amide bonds. The van der Waals surface area contributed by atoms with Gasteiger partial charge in [-0.2, -0.15) is 0 Å². The lowest BCUT2D eigenvalue weighted by atomic mass is 9.84. The maximum absolute atomic E-state index is 2.41. The molecule has 0 saturated carbocycles. The van der Waals surface area contributed by atoms with Crippen LogP contribution in [0, 0.1) is 0 Å². The first-order valence-corrected chi connectivity index (χ1v) is 23.4. The van der Waals surface area contributed by atoms with Crippen molar-refractivity contribution >= 4 is 71.2 Å². The molecule has 0 radical (unpaired) electrons. The lowest BCUT2D eigenvalue weighted by molar-refractivity contribution is 1.18. The van der Waals surface area contributed by atoms with Crippen molar-refractivity contribution in [1.82, 2.24) is 4.57 Å². The molecule has 2 heteroatoms. The van der Waals surface area contributed by atoms with Gasteiger partial charge in [0.25, 0.3) is 0 Å². The Morgan fingerprint density at radius 3 is 1.50 bits per heavy atom. The first kappa shape index (κ1) is 39.4. The van der Waals surface area contributed by atoms with Gasteiger partial charge in [0.05, 0.1) is 11.0 Å². The van der Waals surface area contributed by atoms with Gasteiger partial charge >= 0.3 is 0 Å². The van der Waals surface area contributed by atoms with Crippen molar-refractivity contribution in [2.75, 3.05) is 4.90 Å². The highest BCUT2D eigenvalue weighted by Gasteiger charge is 2.21. The molecule has 13 aromatic rings. The average Bonchev–Trinajstić information content (AvgIpc) is 3.75. The molecule has 0 atom stereocenters. The van der Waals surface area contributed by atoms with Crippen molar-refractivity contribution < 1.29 is 0 Å². The van der Waals surface area contributed by atoms with Gasteiger partial charge in [-0.3, -0.25) is 0 Å². The molecule has 318 valence electrons. The summed E-state index contributed by atoms with van der Waals surface area (Å²) in [5, 5.41) is 9.91. The van der Waals surface area contributed by atoms with Crippen LogP contribution in [0.4, 0.5) is 17.1 Å². The van der Waals surface area contributed by atoms with Crippen molar-refractivity contribution in [3.05, 3.63) is 267 Å². The number of fused-ring (bicyclic) bond motifs is 7. The molecule has 12 aromatic carbocycles. The van der Waals surface area contributed by atoms with E-state index in [-0.39, 0.29) is 0 Å². The second-order valence-electron chi connectivity index (χ2n) is 17.7. The maximum atomic E-state index is 2.41. The van der Waals surface area contributed by atoms with E-state index < -0.39 is 0 Å². The number of aromatic nitrogens is 1. The van der Waals surface area contributed by atoms with E-state index in [2.05, 4.69) is 276 Å². The van der Waals surface area contributed by atoms with Crippen LogP contribution >= 0.6 is 0 Å². The predicted octanol–water partition coefficient (Wildman–Crippen LogP) is 18.4. The number of hydrogen-bond donors (Lipinski definition) is 0. The zero-order chi connectivity index (χ0) is 45.0. The lowest BCUT2D eigenvalue weighted by Gasteiger charge is -2.26. The monoisotopic (exact) mass is 864 g/mol. The second kappa shape index (κ2) is 16.5. The Morgan fingerprint density at radius 1 is 0.235 bits per heavy atom. The van der Waals surface area contributed by atoms with Gasteiger partial charge in [-0.25, -0.2) is 0 Å². The largest absolute Gasteiger partial charge is 0.310 e. The van der Waals surface area contributed by atoms with Crippen LogP contribution in [-0.4, -0.2) is 4.57 Å². The lowest BCUT2D eigenvalue weighted by Crippen LogP contribution is -2.10. The van der Waals surface area contributed by atoms with Gasteiger partial charge in [0.15, 0.2) is 0 Å². The van der Waals surface area contributed by atoms with E-state index >= 15 is 0 Å². The zero-order valence-electron chi connectivity index (χ0n) is 37.3. The van der Waals surface area contributed by atoms with Gasteiger partial charge < -0.3 is 9.47 Å². The summed E-state index contributed by atoms with van der Waals surface area (Å²) in [5.41, 5.74) is 16.4. The summed E-state index contributed by atoms with van der Waals surface area (Å²) in [6, 6.07) is 97.5. The normalized spacial score (nSPS) is 11.5. The molecule has 1 aromatic heterocycles. The molecule has 0 aliphatic rings. The van der Waals surface area contributed by atoms with Crippen molar-refractivity contribution in [2.45, 2.75) is 0 Å². The fourth-order valence-electron chi connectivity index (χ4n) is 10.6. The summed E-state index contributed by atoms with van der Waals surface area (Å²) >= 11 is 0. The molecule has 0 fully saturated rings. The fraction of sp³-hybridized carbons (Fsp3) is 0. The number of benzene rings is 12. The van der Waals surface area contributed by atoms with Crippen LogP contribution in [0.25, 0.3) is 104 Å². The molecule has 0 spiro atoms. The molecule has 0 aliphatic carbocycles. The SMILES string of the molecule is c1ccc(-c2cccc(N(c3ccc(-c4ccc5c(c4)c(-c4ccccc4)c(-c4ccccc4)c4ccccc45)cc3)c3ccc4c(c3)c3ccccc3n4-c3ccc4ccccc4c3)c2)cc1. The van der Waals surface area contributed by atoms with Crippen LogP contribution in [0.3, 0.4) is 0 Å². The van der Waals surface area contributed by atoms with Crippen LogP contribution < -0.4 is 4.90 Å². The Hall–Kier alpha value is -8.98. The summed E-state index contributed by atoms with van der Waals surface area (Å²) < 4.78 is 2.41. The third kappa shape index (κ3) is 6.73. The molecule has 68 heavy (non-hydrogen) atoms. The summed E-state index contributed by atoms with van der Waals surface area (Å²) in [5.74, 6) is 0. The molecule has 0 N–H and O–H groups in total. The van der Waals surface area contributed by atoms with Crippen LogP contribution in [0.2, 0.25) is 0 Å². The van der Waals surface area contributed by atoms with Crippen LogP contribution in [-0.2, 0) is 0 Å². The Kier molecular flexibility index (Phi) is 9.54. The van der Waals surface area contributed by atoms with Crippen LogP contribution in [0.5, 0.6) is 0 Å². The molecular formula is C66H44N2. The van der Waals surface area contributed by atoms with Crippen molar-refractivity contribution in [1.29, 1.82) is 0 Å². The highest BCUT2D eigenvalue weighted by Crippen LogP contribution is 2.46. The molecule has 0 bridgehead atoms. The van der Waals surface area contributed by atoms with Gasteiger partial charge in [-0.05, 0) is 144 Å². The Balaban J connectivity index is 0.973. The molecule has 0 saturated heterocycles. The van der Waals surface area contributed by atoms with Crippen molar-refractivity contribution in [3.63, 3.8) is 0 Å². The number of hydrogen-bond acceptors (Lipinski definition) is 1. The van der Waals surface area contributed by atoms with Gasteiger partial charge in [0.2, 0.25) is 0 Å². The standard InChI is InChI=1S/C66H44N2/c1-4-17-45(18-5-1)51-25-16-26-54(41-51)67(56-38-40-64-61(44-56)59-28-14-15-30-63(59)68(64)55-37-33-46-19-10-11-24-50(46)42-55)53-35-31-47(32-36-53)52-34-39-58-57-27-12-13-29-60(57)65(48-20-6-2-7-21-48)66(62(58)43-52)49-22-8-3-9-23-49/h1-44H. The highest BCUT2D eigenvalue weighted by atomic mass is 15.1. The summed E-state index contributed by atoms with van der Waals surface area (Å²) in [6.45, 7) is 0. The van der Waals surface area contributed by atoms with Gasteiger partial charge in [-0.15, -0.1) is 0 Å². The minimum atomic E-state index is 1.08. The fourth-order valence-corrected chi connectivity index (χ4v) is 10.6. The van der Waals surface area contributed by atoms with Gasteiger partial charge in [0, 0.05) is 33.5 Å². The molecule has 2 nitrogen and oxygen atoms in total. The van der Waals surface area contributed by atoms with E-state index in [9.17, 15) is 0 Å². The maximum Gasteiger partial charge on any atom is 0.0542 e. The first-order chi connectivity index (χ1) is 33.7. The first-order valence-electron chi connectivity index (χ1n) is 23.4. The highest BCUT2D eigenvalue weighted by molar-refractivity contribution is 6.22. The van der Waals surface area contributed by atoms with Crippen LogP contribution in [0.15, 0.2) is 267 Å². The zero-order valence-corrected chi connectivity index (χ0v) is 37.3. The topological polar surface area (TPSA) is 8.17 Å². The Morgan fingerprint density at radius 2 is 0.750 bits per heavy atom. The van der Waals surface area contributed by atoms with E-state index in [0.717, 1.165) is 28.3 Å². The second-order valence-corrected chi connectivity index (χ2v) is 17.7. The van der Waals surface area contributed by atoms with E-state index in [1.165, 1.54) is 93.1 Å². The average molecular weight is 865 g/mol. The number of nitrogens with zero attached hydrogens (tertiary/aromatic N) is 2. The van der Waals surface area contributed by atoms with Gasteiger partial charge in [0.1, 0.15) is 0 Å². The molecule has 1 heterocycles. The van der Waals surface area contributed by atoms with E-state index in [0.29, 0.717) is 0 Å². The van der Waals surface area contributed by atoms with E-state index in [4.69, 9.17) is 0 Å². The minimum Gasteiger partial charge on any atom is -0.310 e. The molecule has 0 unspecified atom stereocenters. The van der Waals surface area contributed by atoms with E-state index in [1.807, 2.05) is 0 Å². The summed E-state index contributed by atoms with van der Waals surface area (Å²) in [6.07, 6.45) is 0. The van der Waals surface area contributed by atoms with Crippen molar-refractivity contribution in [3.8, 4) is 50.2 Å². The Bertz CT molecular complexity index is 4000. The molecule has 0 aliphatic heterocycles. The third-order valence-electron chi connectivity index (χ3n) is 13.7. The summed E-state index contributed by atoms with van der Waals surface area (Å²) in [4.78, 5) is 2.41. The van der Waals surface area contributed by atoms with Gasteiger partial charge in [-0.1, -0.05) is 200 Å². The molecule has 13 rings (SSSR count).